The molecular weight excluding hydrogens is 253 g/mol. The Kier molecular flexibility index (Phi) is 2.74. The van der Waals surface area contributed by atoms with E-state index in [1.807, 2.05) is 19.9 Å². The lowest BCUT2D eigenvalue weighted by Crippen LogP contribution is -2.51. The molecule has 0 aliphatic heterocycles. The minimum Gasteiger partial charge on any atom is -0.325 e. The van der Waals surface area contributed by atoms with Crippen molar-refractivity contribution in [1.29, 1.82) is 0 Å². The Morgan fingerprint density at radius 2 is 1.90 bits per heavy atom. The minimum atomic E-state index is -0.403. The summed E-state index contributed by atoms with van der Waals surface area (Å²) in [6, 6.07) is 5.34. The molecule has 0 spiro atoms. The van der Waals surface area contributed by atoms with Gasteiger partial charge in [0.15, 0.2) is 0 Å². The number of aromatic nitrogens is 2. The van der Waals surface area contributed by atoms with Crippen LogP contribution in [0.15, 0.2) is 18.2 Å². The largest absolute Gasteiger partial charge is 0.325 e. The molecule has 0 atom stereocenters. The summed E-state index contributed by atoms with van der Waals surface area (Å²) in [4.78, 5) is 4.72. The zero-order chi connectivity index (χ0) is 14.7. The van der Waals surface area contributed by atoms with E-state index in [4.69, 9.17) is 10.7 Å². The first-order valence-corrected chi connectivity index (χ1v) is 7.18. The second-order valence-corrected chi connectivity index (χ2v) is 7.02. The summed E-state index contributed by atoms with van der Waals surface area (Å²) in [6.45, 7) is 8.27. The number of hydrogen-bond acceptors (Lipinski definition) is 2. The van der Waals surface area contributed by atoms with Gasteiger partial charge in [-0.15, -0.1) is 0 Å². The normalized spacial score (nSPS) is 16.9. The van der Waals surface area contributed by atoms with E-state index < -0.39 is 5.54 Å². The van der Waals surface area contributed by atoms with Crippen LogP contribution in [0.25, 0.3) is 11.0 Å². The SMILES string of the molecule is CC(C)(N)C(C)(C)c1nc2cc(F)ccc2n1C1CC1. The molecule has 2 aromatic rings. The van der Waals surface area contributed by atoms with Gasteiger partial charge in [0.05, 0.1) is 11.0 Å². The molecule has 1 saturated carbocycles. The van der Waals surface area contributed by atoms with Gasteiger partial charge in [0.1, 0.15) is 11.6 Å². The van der Waals surface area contributed by atoms with Crippen LogP contribution >= 0.6 is 0 Å². The third-order valence-corrected chi connectivity index (χ3v) is 4.73. The molecule has 0 radical (unpaired) electrons. The zero-order valence-electron chi connectivity index (χ0n) is 12.6. The van der Waals surface area contributed by atoms with Crippen molar-refractivity contribution < 1.29 is 4.39 Å². The van der Waals surface area contributed by atoms with Gasteiger partial charge in [0.2, 0.25) is 0 Å². The van der Waals surface area contributed by atoms with E-state index in [1.165, 1.54) is 12.1 Å². The number of fused-ring (bicyclic) bond motifs is 1. The molecule has 108 valence electrons. The van der Waals surface area contributed by atoms with E-state index in [1.54, 1.807) is 0 Å². The Morgan fingerprint density at radius 1 is 1.25 bits per heavy atom. The lowest BCUT2D eigenvalue weighted by atomic mass is 9.74. The number of benzene rings is 1. The van der Waals surface area contributed by atoms with Gasteiger partial charge in [-0.3, -0.25) is 0 Å². The number of nitrogens with zero attached hydrogens (tertiary/aromatic N) is 2. The van der Waals surface area contributed by atoms with Crippen LogP contribution in [0, 0.1) is 5.82 Å². The smallest absolute Gasteiger partial charge is 0.125 e. The molecule has 1 aromatic heterocycles. The number of rotatable bonds is 3. The van der Waals surface area contributed by atoms with Gasteiger partial charge in [0, 0.05) is 23.1 Å². The van der Waals surface area contributed by atoms with Crippen molar-refractivity contribution in [3.05, 3.63) is 29.8 Å². The van der Waals surface area contributed by atoms with Gasteiger partial charge < -0.3 is 10.3 Å². The first-order valence-electron chi connectivity index (χ1n) is 7.18. The molecule has 1 aliphatic rings. The van der Waals surface area contributed by atoms with Gasteiger partial charge in [-0.05, 0) is 38.8 Å². The number of nitrogens with two attached hydrogens (primary N) is 1. The lowest BCUT2D eigenvalue weighted by molar-refractivity contribution is 0.283. The Balaban J connectivity index is 2.27. The fourth-order valence-electron chi connectivity index (χ4n) is 2.50. The van der Waals surface area contributed by atoms with Gasteiger partial charge in [-0.25, -0.2) is 9.37 Å². The number of imidazole rings is 1. The molecule has 1 aromatic carbocycles. The Hall–Kier alpha value is -1.42. The van der Waals surface area contributed by atoms with Crippen LogP contribution < -0.4 is 5.73 Å². The summed E-state index contributed by atoms with van der Waals surface area (Å²) in [5.74, 6) is 0.724. The first kappa shape index (κ1) is 13.6. The highest BCUT2D eigenvalue weighted by Gasteiger charge is 2.42. The average Bonchev–Trinajstić information content (AvgIpc) is 3.08. The standard InChI is InChI=1S/C16H22FN3/c1-15(2,16(3,4)18)14-19-12-9-10(17)5-8-13(12)20(14)11-6-7-11/h5,8-9,11H,6-7,18H2,1-4H3. The van der Waals surface area contributed by atoms with Crippen molar-refractivity contribution in [2.75, 3.05) is 0 Å². The van der Waals surface area contributed by atoms with Gasteiger partial charge in [-0.1, -0.05) is 13.8 Å². The average molecular weight is 275 g/mol. The van der Waals surface area contributed by atoms with Crippen LogP contribution in [-0.4, -0.2) is 15.1 Å². The van der Waals surface area contributed by atoms with E-state index in [9.17, 15) is 4.39 Å². The molecule has 1 fully saturated rings. The van der Waals surface area contributed by atoms with E-state index in [0.29, 0.717) is 6.04 Å². The molecule has 1 heterocycles. The fraction of sp³-hybridized carbons (Fsp3) is 0.562. The summed E-state index contributed by atoms with van der Waals surface area (Å²) >= 11 is 0. The van der Waals surface area contributed by atoms with E-state index in [0.717, 1.165) is 29.7 Å². The van der Waals surface area contributed by atoms with Crippen molar-refractivity contribution in [3.63, 3.8) is 0 Å². The number of halogens is 1. The van der Waals surface area contributed by atoms with Crippen molar-refractivity contribution in [3.8, 4) is 0 Å². The van der Waals surface area contributed by atoms with Gasteiger partial charge in [-0.2, -0.15) is 0 Å². The maximum Gasteiger partial charge on any atom is 0.125 e. The summed E-state index contributed by atoms with van der Waals surface area (Å²) in [5, 5.41) is 0. The quantitative estimate of drug-likeness (QED) is 0.931. The maximum absolute atomic E-state index is 13.5. The highest BCUT2D eigenvalue weighted by Crippen LogP contribution is 2.43. The highest BCUT2D eigenvalue weighted by atomic mass is 19.1. The molecule has 0 bridgehead atoms. The van der Waals surface area contributed by atoms with Gasteiger partial charge in [0.25, 0.3) is 0 Å². The maximum atomic E-state index is 13.5. The molecule has 0 unspecified atom stereocenters. The molecule has 3 nitrogen and oxygen atoms in total. The number of hydrogen-bond donors (Lipinski definition) is 1. The van der Waals surface area contributed by atoms with E-state index in [-0.39, 0.29) is 11.2 Å². The third kappa shape index (κ3) is 1.94. The van der Waals surface area contributed by atoms with Crippen LogP contribution in [-0.2, 0) is 5.41 Å². The Bertz CT molecular complexity index is 660. The van der Waals surface area contributed by atoms with Crippen molar-refractivity contribution in [1.82, 2.24) is 9.55 Å². The van der Waals surface area contributed by atoms with Crippen LogP contribution in [0.1, 0.15) is 52.4 Å². The molecule has 20 heavy (non-hydrogen) atoms. The van der Waals surface area contributed by atoms with Crippen molar-refractivity contribution >= 4 is 11.0 Å². The lowest BCUT2D eigenvalue weighted by Gasteiger charge is -2.38. The first-order chi connectivity index (χ1) is 9.22. The van der Waals surface area contributed by atoms with Crippen LogP contribution in [0.2, 0.25) is 0 Å². The Morgan fingerprint density at radius 3 is 2.45 bits per heavy atom. The van der Waals surface area contributed by atoms with Gasteiger partial charge >= 0.3 is 0 Å². The molecule has 0 amide bonds. The van der Waals surface area contributed by atoms with Crippen molar-refractivity contribution in [2.45, 2.75) is 57.5 Å². The third-order valence-electron chi connectivity index (χ3n) is 4.73. The second kappa shape index (κ2) is 4.04. The summed E-state index contributed by atoms with van der Waals surface area (Å²) < 4.78 is 15.7. The predicted molar refractivity (Wildman–Crippen MR) is 79.3 cm³/mol. The van der Waals surface area contributed by atoms with Crippen LogP contribution in [0.3, 0.4) is 0 Å². The van der Waals surface area contributed by atoms with Crippen molar-refractivity contribution in [2.24, 2.45) is 5.73 Å². The molecule has 4 heteroatoms. The van der Waals surface area contributed by atoms with Crippen LogP contribution in [0.5, 0.6) is 0 Å². The molecule has 3 rings (SSSR count). The predicted octanol–water partition coefficient (Wildman–Crippen LogP) is 3.53. The summed E-state index contributed by atoms with van der Waals surface area (Å²) in [7, 11) is 0. The monoisotopic (exact) mass is 275 g/mol. The van der Waals surface area contributed by atoms with Crippen LogP contribution in [0.4, 0.5) is 4.39 Å². The molecule has 0 saturated heterocycles. The Labute approximate surface area is 119 Å². The molecular formula is C16H22FN3. The van der Waals surface area contributed by atoms with E-state index in [2.05, 4.69) is 18.4 Å². The minimum absolute atomic E-state index is 0.241. The zero-order valence-corrected chi connectivity index (χ0v) is 12.6. The molecule has 1 aliphatic carbocycles. The second-order valence-electron chi connectivity index (χ2n) is 7.02. The topological polar surface area (TPSA) is 43.8 Å². The fourth-order valence-corrected chi connectivity index (χ4v) is 2.50. The van der Waals surface area contributed by atoms with E-state index >= 15 is 0 Å². The molecule has 2 N–H and O–H groups in total. The highest BCUT2D eigenvalue weighted by molar-refractivity contribution is 5.76. The summed E-state index contributed by atoms with van der Waals surface area (Å²) in [5.41, 5.74) is 7.41. The summed E-state index contributed by atoms with van der Waals surface area (Å²) in [6.07, 6.45) is 2.33.